The molecular weight excluding hydrogens is 739 g/mol. The average Bonchev–Trinajstić information content (AvgIpc) is 3.70. The summed E-state index contributed by atoms with van der Waals surface area (Å²) in [7, 11) is -3.73. The first-order valence-electron chi connectivity index (χ1n) is 18.6. The number of aliphatic hydroxyl groups is 2. The van der Waals surface area contributed by atoms with Crippen molar-refractivity contribution in [1.82, 2.24) is 4.31 Å². The van der Waals surface area contributed by atoms with Gasteiger partial charge in [-0.3, -0.25) is 4.79 Å². The van der Waals surface area contributed by atoms with Gasteiger partial charge in [-0.2, -0.15) is 17.5 Å². The van der Waals surface area contributed by atoms with Crippen LogP contribution in [0.1, 0.15) is 80.5 Å². The zero-order valence-corrected chi connectivity index (χ0v) is 32.1. The number of sulfonamides is 1. The van der Waals surface area contributed by atoms with Crippen LogP contribution in [-0.2, 0) is 22.7 Å². The zero-order chi connectivity index (χ0) is 38.7. The fraction of sp³-hybridized carbons (Fsp3) is 0.500. The molecule has 12 heteroatoms. The van der Waals surface area contributed by atoms with Crippen LogP contribution in [0.15, 0.2) is 88.9 Å². The minimum Gasteiger partial charge on any atom is -0.453 e. The zero-order valence-electron chi connectivity index (χ0n) is 30.5. The Hall–Kier alpha value is -3.22. The van der Waals surface area contributed by atoms with Crippen LogP contribution in [0.4, 0.5) is 13.2 Å². The minimum absolute atomic E-state index is 0.0132. The van der Waals surface area contributed by atoms with Gasteiger partial charge in [0.2, 0.25) is 15.8 Å². The smallest absolute Gasteiger partial charge is 0.416 e. The molecule has 2 aromatic carbocycles. The van der Waals surface area contributed by atoms with E-state index in [0.29, 0.717) is 44.1 Å². The Morgan fingerprint density at radius 3 is 2.35 bits per heavy atom. The lowest BCUT2D eigenvalue weighted by Gasteiger charge is -2.71. The number of halogens is 4. The standard InChI is InChI=1S/C42H45ClF3NO6S/c1-37-16-13-28(48)22-39(37)19-20-41(30(23-39)36(49)33-12-11-32(53-33)29-21-27(42(44,45)46)9-10-31(29)43)34(37)14-17-38(2)35(41)15-18-40(38,50)25-47(54(3,51)52)24-26-7-5-4-6-8-26/h4-12,19-21,23,28,34-35,48,50H,13-18,22,24-25H2,1-3H3. The molecule has 8 atom stereocenters. The van der Waals surface area contributed by atoms with E-state index in [1.165, 1.54) is 16.4 Å². The highest BCUT2D eigenvalue weighted by molar-refractivity contribution is 7.88. The Labute approximate surface area is 318 Å². The van der Waals surface area contributed by atoms with E-state index in [4.69, 9.17) is 16.0 Å². The molecule has 0 saturated heterocycles. The molecular formula is C42H45ClF3NO6S. The molecule has 3 saturated carbocycles. The minimum atomic E-state index is -4.61. The fourth-order valence-corrected chi connectivity index (χ4v) is 12.6. The van der Waals surface area contributed by atoms with E-state index in [-0.39, 0.29) is 52.4 Å². The Morgan fingerprint density at radius 2 is 1.65 bits per heavy atom. The second-order valence-electron chi connectivity index (χ2n) is 17.0. The number of benzene rings is 2. The SMILES string of the molecule is CC12CCC(O)CC13C=CC1(C(C(=O)c4ccc(-c5cc(C(F)(F)F)ccc5Cl)o4)=C3)C2CCC2(C)C1CCC2(O)CN(Cc1ccccc1)S(C)(=O)=O. The van der Waals surface area contributed by atoms with Crippen LogP contribution in [0, 0.1) is 33.5 Å². The fourth-order valence-electron chi connectivity index (χ4n) is 11.6. The number of hydrogen-bond donors (Lipinski definition) is 2. The summed E-state index contributed by atoms with van der Waals surface area (Å²) < 4.78 is 74.9. The molecule has 0 aliphatic heterocycles. The maximum absolute atomic E-state index is 15.0. The van der Waals surface area contributed by atoms with Crippen LogP contribution >= 0.6 is 11.6 Å². The molecule has 1 heterocycles. The molecule has 3 aromatic rings. The summed E-state index contributed by atoms with van der Waals surface area (Å²) in [5.41, 5.74) is -3.57. The number of nitrogens with zero attached hydrogens (tertiary/aromatic N) is 1. The average molecular weight is 784 g/mol. The maximum Gasteiger partial charge on any atom is 0.416 e. The predicted octanol–water partition coefficient (Wildman–Crippen LogP) is 8.85. The second-order valence-corrected chi connectivity index (χ2v) is 19.4. The van der Waals surface area contributed by atoms with Gasteiger partial charge in [0.05, 0.1) is 28.5 Å². The molecule has 288 valence electrons. The first-order valence-corrected chi connectivity index (χ1v) is 20.8. The third-order valence-electron chi connectivity index (χ3n) is 14.5. The second kappa shape index (κ2) is 12.4. The molecule has 2 bridgehead atoms. The summed E-state index contributed by atoms with van der Waals surface area (Å²) in [6, 6.07) is 15.2. The molecule has 54 heavy (non-hydrogen) atoms. The van der Waals surface area contributed by atoms with E-state index in [2.05, 4.69) is 19.1 Å². The van der Waals surface area contributed by atoms with Crippen molar-refractivity contribution in [1.29, 1.82) is 0 Å². The Bertz CT molecular complexity index is 2190. The van der Waals surface area contributed by atoms with Crippen molar-refractivity contribution in [2.24, 2.45) is 33.5 Å². The predicted molar refractivity (Wildman–Crippen MR) is 199 cm³/mol. The van der Waals surface area contributed by atoms with E-state index in [1.54, 1.807) is 0 Å². The third-order valence-corrected chi connectivity index (χ3v) is 16.0. The van der Waals surface area contributed by atoms with Gasteiger partial charge in [0.25, 0.3) is 0 Å². The first kappa shape index (κ1) is 37.7. The molecule has 2 spiro atoms. The van der Waals surface area contributed by atoms with Gasteiger partial charge in [0.1, 0.15) is 5.76 Å². The first-order chi connectivity index (χ1) is 25.3. The molecule has 9 rings (SSSR count). The van der Waals surface area contributed by atoms with Gasteiger partial charge in [-0.1, -0.05) is 74.0 Å². The molecule has 2 N–H and O–H groups in total. The van der Waals surface area contributed by atoms with Crippen LogP contribution in [-0.4, -0.2) is 53.2 Å². The van der Waals surface area contributed by atoms with Crippen molar-refractivity contribution in [3.05, 3.63) is 106 Å². The number of allylic oxidation sites excluding steroid dienone is 4. The number of Topliss-reactive ketones (excluding diaryl/α,β-unsaturated/α-hetero) is 1. The lowest BCUT2D eigenvalue weighted by molar-refractivity contribution is -0.174. The number of alkyl halides is 3. The number of carbonyl (C=O) groups excluding carboxylic acids is 1. The topological polar surface area (TPSA) is 108 Å². The summed E-state index contributed by atoms with van der Waals surface area (Å²) in [6.07, 6.45) is 6.30. The monoisotopic (exact) mass is 783 g/mol. The van der Waals surface area contributed by atoms with Gasteiger partial charge in [-0.05, 0) is 98.1 Å². The van der Waals surface area contributed by atoms with Gasteiger partial charge in [-0.15, -0.1) is 0 Å². The van der Waals surface area contributed by atoms with Crippen LogP contribution in [0.2, 0.25) is 5.02 Å². The highest BCUT2D eigenvalue weighted by Crippen LogP contribution is 2.78. The Balaban J connectivity index is 1.21. The molecule has 0 radical (unpaired) electrons. The van der Waals surface area contributed by atoms with Crippen molar-refractivity contribution in [3.8, 4) is 11.3 Å². The molecule has 1 aromatic heterocycles. The molecule has 3 fully saturated rings. The van der Waals surface area contributed by atoms with Gasteiger partial charge < -0.3 is 14.6 Å². The Kier molecular flexibility index (Phi) is 8.65. The van der Waals surface area contributed by atoms with Crippen molar-refractivity contribution in [2.75, 3.05) is 12.8 Å². The number of hydrogen-bond acceptors (Lipinski definition) is 6. The normalized spacial score (nSPS) is 35.7. The molecule has 6 aliphatic rings. The number of rotatable bonds is 8. The van der Waals surface area contributed by atoms with Gasteiger partial charge >= 0.3 is 6.18 Å². The van der Waals surface area contributed by atoms with Crippen molar-refractivity contribution in [2.45, 2.75) is 83.2 Å². The van der Waals surface area contributed by atoms with Crippen LogP contribution < -0.4 is 0 Å². The van der Waals surface area contributed by atoms with Gasteiger partial charge in [0.15, 0.2) is 5.76 Å². The summed E-state index contributed by atoms with van der Waals surface area (Å²) >= 11 is 6.36. The largest absolute Gasteiger partial charge is 0.453 e. The van der Waals surface area contributed by atoms with Gasteiger partial charge in [0, 0.05) is 40.5 Å². The molecule has 0 amide bonds. The van der Waals surface area contributed by atoms with Crippen LogP contribution in [0.3, 0.4) is 0 Å². The highest BCUT2D eigenvalue weighted by atomic mass is 35.5. The summed E-state index contributed by atoms with van der Waals surface area (Å²) in [5, 5.41) is 23.9. The van der Waals surface area contributed by atoms with Crippen molar-refractivity contribution < 1.29 is 41.0 Å². The van der Waals surface area contributed by atoms with E-state index >= 15 is 0 Å². The molecule has 7 nitrogen and oxygen atoms in total. The number of ketones is 1. The van der Waals surface area contributed by atoms with E-state index < -0.39 is 55.5 Å². The summed E-state index contributed by atoms with van der Waals surface area (Å²) in [6.45, 7) is 4.31. The van der Waals surface area contributed by atoms with Crippen LogP contribution in [0.25, 0.3) is 11.3 Å². The quantitative estimate of drug-likeness (QED) is 0.175. The van der Waals surface area contributed by atoms with Gasteiger partial charge in [-0.25, -0.2) is 8.42 Å². The number of fused-ring (bicyclic) bond motifs is 1. The van der Waals surface area contributed by atoms with Crippen molar-refractivity contribution in [3.63, 3.8) is 0 Å². The van der Waals surface area contributed by atoms with E-state index in [0.717, 1.165) is 36.4 Å². The van der Waals surface area contributed by atoms with E-state index in [1.807, 2.05) is 43.3 Å². The lowest BCUT2D eigenvalue weighted by atomic mass is 9.32. The lowest BCUT2D eigenvalue weighted by Crippen LogP contribution is -2.67. The maximum atomic E-state index is 15.0. The number of furan rings is 1. The Morgan fingerprint density at radius 1 is 0.963 bits per heavy atom. The van der Waals surface area contributed by atoms with E-state index in [9.17, 15) is 36.6 Å². The van der Waals surface area contributed by atoms with Crippen molar-refractivity contribution >= 4 is 27.4 Å². The third kappa shape index (κ3) is 5.46. The number of aliphatic hydroxyl groups excluding tert-OH is 1. The molecule has 6 aliphatic carbocycles. The summed E-state index contributed by atoms with van der Waals surface area (Å²) in [4.78, 5) is 15.0. The highest BCUT2D eigenvalue weighted by Gasteiger charge is 2.74. The molecule has 8 unspecified atom stereocenters. The van der Waals surface area contributed by atoms with Crippen LogP contribution in [0.5, 0.6) is 0 Å². The number of carbonyl (C=O) groups is 1. The summed E-state index contributed by atoms with van der Waals surface area (Å²) in [5.74, 6) is -0.705.